The van der Waals surface area contributed by atoms with E-state index in [0.717, 1.165) is 0 Å². The Labute approximate surface area is 147 Å². The summed E-state index contributed by atoms with van der Waals surface area (Å²) in [4.78, 5) is 21.4. The van der Waals surface area contributed by atoms with Crippen LogP contribution < -0.4 is 0 Å². The molecule has 1 rings (SSSR count). The highest BCUT2D eigenvalue weighted by atomic mass is 17.2. The third-order valence-electron chi connectivity index (χ3n) is 3.30. The topological polar surface area (TPSA) is 36.9 Å². The minimum atomic E-state index is -0.291. The molecule has 0 bridgehead atoms. The second-order valence-corrected chi connectivity index (χ2v) is 8.43. The first-order chi connectivity index (χ1) is 11.0. The van der Waals surface area contributed by atoms with Gasteiger partial charge in [-0.25, -0.2) is 19.6 Å². The molecule has 0 saturated carbocycles. The quantitative estimate of drug-likeness (QED) is 0.470. The molecule has 4 nitrogen and oxygen atoms in total. The van der Waals surface area contributed by atoms with Crippen LogP contribution in [0, 0.1) is 0 Å². The average Bonchev–Trinajstić information content (AvgIpc) is 2.44. The van der Waals surface area contributed by atoms with Crippen molar-refractivity contribution in [1.82, 2.24) is 0 Å². The van der Waals surface area contributed by atoms with Gasteiger partial charge in [0.05, 0.1) is 24.4 Å². The van der Waals surface area contributed by atoms with Crippen LogP contribution in [0.4, 0.5) is 0 Å². The lowest BCUT2D eigenvalue weighted by molar-refractivity contribution is -0.350. The minimum absolute atomic E-state index is 0.256. The molecule has 1 aromatic carbocycles. The van der Waals surface area contributed by atoms with Crippen molar-refractivity contribution < 1.29 is 19.6 Å². The van der Waals surface area contributed by atoms with Crippen LogP contribution in [0.2, 0.25) is 0 Å². The Balaban J connectivity index is 2.55. The van der Waals surface area contributed by atoms with E-state index in [1.165, 1.54) is 11.1 Å². The number of hydrogen-bond acceptors (Lipinski definition) is 4. The van der Waals surface area contributed by atoms with Crippen molar-refractivity contribution in [2.75, 3.05) is 13.2 Å². The highest BCUT2D eigenvalue weighted by molar-refractivity contribution is 5.28. The van der Waals surface area contributed by atoms with Gasteiger partial charge in [0.1, 0.15) is 0 Å². The van der Waals surface area contributed by atoms with Crippen molar-refractivity contribution in [2.24, 2.45) is 0 Å². The highest BCUT2D eigenvalue weighted by Gasteiger charge is 2.16. The van der Waals surface area contributed by atoms with Gasteiger partial charge in [-0.2, -0.15) is 0 Å². The predicted molar refractivity (Wildman–Crippen MR) is 96.9 cm³/mol. The molecule has 0 aliphatic rings. The number of hydrogen-bond donors (Lipinski definition) is 0. The third-order valence-corrected chi connectivity index (χ3v) is 3.30. The molecule has 1 aromatic rings. The molecule has 0 spiro atoms. The van der Waals surface area contributed by atoms with Gasteiger partial charge in [0.15, 0.2) is 0 Å². The summed E-state index contributed by atoms with van der Waals surface area (Å²) in [6.07, 6.45) is 0. The Bertz CT molecular complexity index is 444. The SMILES string of the molecule is C[C@H](COOC(C)(C)C)c1cccc([C@@H](C)COOC(C)(C)C)c1. The summed E-state index contributed by atoms with van der Waals surface area (Å²) in [7, 11) is 0. The van der Waals surface area contributed by atoms with Crippen LogP contribution in [0.15, 0.2) is 24.3 Å². The van der Waals surface area contributed by atoms with Crippen molar-refractivity contribution >= 4 is 0 Å². The normalized spacial score (nSPS) is 15.3. The first-order valence-electron chi connectivity index (χ1n) is 8.69. The second-order valence-electron chi connectivity index (χ2n) is 8.43. The van der Waals surface area contributed by atoms with Crippen molar-refractivity contribution in [2.45, 2.75) is 78.4 Å². The van der Waals surface area contributed by atoms with Crippen molar-refractivity contribution in [3.8, 4) is 0 Å². The maximum Gasteiger partial charge on any atom is 0.0952 e. The van der Waals surface area contributed by atoms with Crippen LogP contribution in [0.25, 0.3) is 0 Å². The minimum Gasteiger partial charge on any atom is -0.236 e. The van der Waals surface area contributed by atoms with E-state index >= 15 is 0 Å². The summed E-state index contributed by atoms with van der Waals surface area (Å²) in [5.41, 5.74) is 1.88. The van der Waals surface area contributed by atoms with Gasteiger partial charge in [0.2, 0.25) is 0 Å². The third kappa shape index (κ3) is 8.78. The number of rotatable bonds is 8. The molecule has 0 aliphatic heterocycles. The van der Waals surface area contributed by atoms with E-state index in [0.29, 0.717) is 13.2 Å². The largest absolute Gasteiger partial charge is 0.236 e. The van der Waals surface area contributed by atoms with Gasteiger partial charge in [0.25, 0.3) is 0 Å². The molecule has 0 saturated heterocycles. The van der Waals surface area contributed by atoms with E-state index in [4.69, 9.17) is 19.6 Å². The van der Waals surface area contributed by atoms with Crippen LogP contribution in [-0.4, -0.2) is 24.4 Å². The highest BCUT2D eigenvalue weighted by Crippen LogP contribution is 2.23. The Morgan fingerprint density at radius 1 is 0.750 bits per heavy atom. The molecule has 138 valence electrons. The fraction of sp³-hybridized carbons (Fsp3) is 0.700. The van der Waals surface area contributed by atoms with E-state index in [1.54, 1.807) is 0 Å². The molecule has 0 aliphatic carbocycles. The van der Waals surface area contributed by atoms with Crippen LogP contribution in [0.5, 0.6) is 0 Å². The lowest BCUT2D eigenvalue weighted by Crippen LogP contribution is -2.21. The summed E-state index contributed by atoms with van der Waals surface area (Å²) >= 11 is 0. The van der Waals surface area contributed by atoms with E-state index in [-0.39, 0.29) is 23.0 Å². The smallest absolute Gasteiger partial charge is 0.0952 e. The second kappa shape index (κ2) is 8.95. The van der Waals surface area contributed by atoms with Crippen molar-refractivity contribution in [3.05, 3.63) is 35.4 Å². The lowest BCUT2D eigenvalue weighted by Gasteiger charge is -2.21. The molecule has 2 atom stereocenters. The molecule has 0 N–H and O–H groups in total. The Hall–Kier alpha value is -0.940. The number of benzene rings is 1. The predicted octanol–water partition coefficient (Wildman–Crippen LogP) is 5.39. The summed E-state index contributed by atoms with van der Waals surface area (Å²) in [6.45, 7) is 17.2. The monoisotopic (exact) mass is 338 g/mol. The van der Waals surface area contributed by atoms with E-state index in [2.05, 4.69) is 38.1 Å². The van der Waals surface area contributed by atoms with E-state index < -0.39 is 0 Å². The summed E-state index contributed by atoms with van der Waals surface area (Å²) in [5.74, 6) is 0.512. The zero-order valence-electron chi connectivity index (χ0n) is 16.5. The van der Waals surface area contributed by atoms with E-state index in [9.17, 15) is 0 Å². The fourth-order valence-electron chi connectivity index (χ4n) is 1.99. The molecule has 0 unspecified atom stereocenters. The van der Waals surface area contributed by atoms with Gasteiger partial charge < -0.3 is 0 Å². The van der Waals surface area contributed by atoms with Crippen LogP contribution >= 0.6 is 0 Å². The first kappa shape index (κ1) is 21.1. The molecule has 0 radical (unpaired) electrons. The van der Waals surface area contributed by atoms with Gasteiger partial charge in [0, 0.05) is 11.8 Å². The Morgan fingerprint density at radius 3 is 1.46 bits per heavy atom. The van der Waals surface area contributed by atoms with Crippen LogP contribution in [-0.2, 0) is 19.6 Å². The molecular weight excluding hydrogens is 304 g/mol. The summed E-state index contributed by atoms with van der Waals surface area (Å²) in [5, 5.41) is 0. The van der Waals surface area contributed by atoms with Gasteiger partial charge >= 0.3 is 0 Å². The maximum absolute atomic E-state index is 5.37. The molecule has 24 heavy (non-hydrogen) atoms. The zero-order chi connectivity index (χ0) is 18.4. The van der Waals surface area contributed by atoms with Crippen LogP contribution in [0.3, 0.4) is 0 Å². The molecule has 0 amide bonds. The lowest BCUT2D eigenvalue weighted by atomic mass is 9.95. The van der Waals surface area contributed by atoms with Gasteiger partial charge in [-0.1, -0.05) is 38.1 Å². The Morgan fingerprint density at radius 2 is 1.12 bits per heavy atom. The van der Waals surface area contributed by atoms with Crippen molar-refractivity contribution in [1.29, 1.82) is 0 Å². The first-order valence-corrected chi connectivity index (χ1v) is 8.69. The van der Waals surface area contributed by atoms with Gasteiger partial charge in [-0.3, -0.25) is 0 Å². The molecule has 0 heterocycles. The van der Waals surface area contributed by atoms with Gasteiger partial charge in [-0.15, -0.1) is 0 Å². The summed E-state index contributed by atoms with van der Waals surface area (Å²) in [6, 6.07) is 8.52. The van der Waals surface area contributed by atoms with E-state index in [1.807, 2.05) is 41.5 Å². The fourth-order valence-corrected chi connectivity index (χ4v) is 1.99. The van der Waals surface area contributed by atoms with Crippen molar-refractivity contribution in [3.63, 3.8) is 0 Å². The molecule has 4 heteroatoms. The maximum atomic E-state index is 5.37. The average molecular weight is 338 g/mol. The standard InChI is InChI=1S/C20H34O4/c1-15(13-21-23-19(3,4)5)17-10-9-11-18(12-17)16(2)14-22-24-20(6,7)8/h9-12,15-16H,13-14H2,1-8H3/t15-,16+. The summed E-state index contributed by atoms with van der Waals surface area (Å²) < 4.78 is 0. The molecule has 0 aromatic heterocycles. The zero-order valence-corrected chi connectivity index (χ0v) is 16.5. The van der Waals surface area contributed by atoms with Gasteiger partial charge in [-0.05, 0) is 52.7 Å². The molecule has 0 fully saturated rings. The molecular formula is C20H34O4. The Kier molecular flexibility index (Phi) is 7.87. The van der Waals surface area contributed by atoms with Crippen LogP contribution in [0.1, 0.15) is 78.4 Å².